The van der Waals surface area contributed by atoms with E-state index < -0.39 is 0 Å². The summed E-state index contributed by atoms with van der Waals surface area (Å²) in [6.45, 7) is 5.89. The smallest absolute Gasteiger partial charge is 0.151 e. The fraction of sp³-hybridized carbons (Fsp3) is 0.533. The number of nitrogens with zero attached hydrogens (tertiary/aromatic N) is 3. The van der Waals surface area contributed by atoms with Crippen LogP contribution in [-0.2, 0) is 6.54 Å². The average Bonchev–Trinajstić information content (AvgIpc) is 2.87. The SMILES string of the molecule is CC(Cl)c1nc2c(F)cccc2n1CCN1CCSCC1. The fourth-order valence-corrected chi connectivity index (χ4v) is 3.88. The highest BCUT2D eigenvalue weighted by Crippen LogP contribution is 2.26. The maximum atomic E-state index is 13.9. The molecule has 3 nitrogen and oxygen atoms in total. The van der Waals surface area contributed by atoms with Crippen LogP contribution in [0, 0.1) is 5.82 Å². The van der Waals surface area contributed by atoms with Crippen molar-refractivity contribution in [2.24, 2.45) is 0 Å². The molecule has 1 aromatic carbocycles. The van der Waals surface area contributed by atoms with Crippen molar-refractivity contribution in [3.8, 4) is 0 Å². The Bertz CT molecular complexity index is 623. The van der Waals surface area contributed by atoms with E-state index in [0.29, 0.717) is 5.52 Å². The van der Waals surface area contributed by atoms with Crippen molar-refractivity contribution in [2.75, 3.05) is 31.1 Å². The molecule has 21 heavy (non-hydrogen) atoms. The minimum atomic E-state index is -0.279. The van der Waals surface area contributed by atoms with E-state index in [4.69, 9.17) is 11.6 Å². The summed E-state index contributed by atoms with van der Waals surface area (Å²) in [5, 5.41) is -0.228. The summed E-state index contributed by atoms with van der Waals surface area (Å²) in [7, 11) is 0. The zero-order valence-corrected chi connectivity index (χ0v) is 13.6. The molecule has 1 saturated heterocycles. The molecule has 1 aromatic heterocycles. The molecule has 114 valence electrons. The number of para-hydroxylation sites is 1. The lowest BCUT2D eigenvalue weighted by atomic mass is 10.3. The van der Waals surface area contributed by atoms with Gasteiger partial charge in [-0.1, -0.05) is 6.07 Å². The highest BCUT2D eigenvalue weighted by Gasteiger charge is 2.18. The molecule has 0 spiro atoms. The van der Waals surface area contributed by atoms with E-state index in [9.17, 15) is 4.39 Å². The topological polar surface area (TPSA) is 21.1 Å². The molecule has 0 saturated carbocycles. The van der Waals surface area contributed by atoms with Crippen LogP contribution in [0.15, 0.2) is 18.2 Å². The van der Waals surface area contributed by atoms with Crippen LogP contribution >= 0.6 is 23.4 Å². The van der Waals surface area contributed by atoms with Crippen molar-refractivity contribution in [1.29, 1.82) is 0 Å². The van der Waals surface area contributed by atoms with E-state index in [1.165, 1.54) is 17.6 Å². The maximum absolute atomic E-state index is 13.9. The van der Waals surface area contributed by atoms with Gasteiger partial charge in [0.05, 0.1) is 10.9 Å². The van der Waals surface area contributed by atoms with Crippen LogP contribution in [0.1, 0.15) is 18.1 Å². The molecule has 2 aromatic rings. The lowest BCUT2D eigenvalue weighted by Crippen LogP contribution is -2.35. The Kier molecular flexibility index (Phi) is 4.72. The molecule has 1 fully saturated rings. The fourth-order valence-electron chi connectivity index (χ4n) is 2.74. The van der Waals surface area contributed by atoms with Gasteiger partial charge in [0.25, 0.3) is 0 Å². The first-order chi connectivity index (χ1) is 10.2. The highest BCUT2D eigenvalue weighted by atomic mass is 35.5. The van der Waals surface area contributed by atoms with Crippen molar-refractivity contribution >= 4 is 34.4 Å². The van der Waals surface area contributed by atoms with Crippen LogP contribution in [0.5, 0.6) is 0 Å². The van der Waals surface area contributed by atoms with Crippen LogP contribution in [-0.4, -0.2) is 45.6 Å². The van der Waals surface area contributed by atoms with E-state index >= 15 is 0 Å². The van der Waals surface area contributed by atoms with Crippen LogP contribution in [0.3, 0.4) is 0 Å². The average molecular weight is 328 g/mol. The number of benzene rings is 1. The zero-order chi connectivity index (χ0) is 14.8. The van der Waals surface area contributed by atoms with Gasteiger partial charge in [0.15, 0.2) is 5.82 Å². The quantitative estimate of drug-likeness (QED) is 0.802. The largest absolute Gasteiger partial charge is 0.325 e. The predicted molar refractivity (Wildman–Crippen MR) is 87.7 cm³/mol. The number of thioether (sulfide) groups is 1. The number of hydrogen-bond donors (Lipinski definition) is 0. The predicted octanol–water partition coefficient (Wildman–Crippen LogP) is 3.52. The van der Waals surface area contributed by atoms with Gasteiger partial charge >= 0.3 is 0 Å². The first-order valence-electron chi connectivity index (χ1n) is 7.25. The van der Waals surface area contributed by atoms with Gasteiger partial charge in [-0.15, -0.1) is 11.6 Å². The van der Waals surface area contributed by atoms with Gasteiger partial charge in [0, 0.05) is 37.7 Å². The lowest BCUT2D eigenvalue weighted by molar-refractivity contribution is 0.289. The van der Waals surface area contributed by atoms with Crippen molar-refractivity contribution < 1.29 is 4.39 Å². The normalized spacial score (nSPS) is 18.2. The molecule has 3 rings (SSSR count). The van der Waals surface area contributed by atoms with Gasteiger partial charge in [0.2, 0.25) is 0 Å². The second kappa shape index (κ2) is 6.55. The molecule has 0 amide bonds. The molecule has 0 N–H and O–H groups in total. The molecule has 0 radical (unpaired) electrons. The Morgan fingerprint density at radius 2 is 2.10 bits per heavy atom. The number of halogens is 2. The Balaban J connectivity index is 1.88. The summed E-state index contributed by atoms with van der Waals surface area (Å²) in [6.07, 6.45) is 0. The van der Waals surface area contributed by atoms with E-state index in [1.807, 2.05) is 24.8 Å². The van der Waals surface area contributed by atoms with Gasteiger partial charge in [0.1, 0.15) is 11.3 Å². The van der Waals surface area contributed by atoms with E-state index in [1.54, 1.807) is 6.07 Å². The number of aromatic nitrogens is 2. The van der Waals surface area contributed by atoms with Crippen molar-refractivity contribution in [3.63, 3.8) is 0 Å². The highest BCUT2D eigenvalue weighted by molar-refractivity contribution is 7.99. The van der Waals surface area contributed by atoms with Crippen LogP contribution in [0.2, 0.25) is 0 Å². The molecule has 6 heteroatoms. The maximum Gasteiger partial charge on any atom is 0.151 e. The number of imidazole rings is 1. The number of alkyl halides is 1. The summed E-state index contributed by atoms with van der Waals surface area (Å²) >= 11 is 8.23. The molecule has 1 aliphatic rings. The van der Waals surface area contributed by atoms with Crippen LogP contribution in [0.4, 0.5) is 4.39 Å². The Labute approximate surface area is 133 Å². The number of rotatable bonds is 4. The number of hydrogen-bond acceptors (Lipinski definition) is 3. The summed E-state index contributed by atoms with van der Waals surface area (Å²) < 4.78 is 16.0. The Morgan fingerprint density at radius 1 is 1.33 bits per heavy atom. The second-order valence-corrected chi connectivity index (χ2v) is 7.18. The molecule has 1 atom stereocenters. The Hall–Kier alpha value is -0.780. The van der Waals surface area contributed by atoms with Gasteiger partial charge in [-0.25, -0.2) is 9.37 Å². The standard InChI is InChI=1S/C15H19ClFN3S/c1-11(16)15-18-14-12(17)3-2-4-13(14)20(15)6-5-19-7-9-21-10-8-19/h2-4,11H,5-10H2,1H3. The molecular weight excluding hydrogens is 309 g/mol. The monoisotopic (exact) mass is 327 g/mol. The van der Waals surface area contributed by atoms with Crippen LogP contribution < -0.4 is 0 Å². The molecule has 1 unspecified atom stereocenters. The van der Waals surface area contributed by atoms with E-state index in [2.05, 4.69) is 14.5 Å². The lowest BCUT2D eigenvalue weighted by Gasteiger charge is -2.26. The molecule has 0 aliphatic carbocycles. The van der Waals surface area contributed by atoms with Crippen molar-refractivity contribution in [3.05, 3.63) is 29.8 Å². The van der Waals surface area contributed by atoms with Crippen LogP contribution in [0.25, 0.3) is 11.0 Å². The first-order valence-corrected chi connectivity index (χ1v) is 8.85. The number of fused-ring (bicyclic) bond motifs is 1. The Morgan fingerprint density at radius 3 is 2.81 bits per heavy atom. The first kappa shape index (κ1) is 15.1. The third kappa shape index (κ3) is 3.20. The minimum absolute atomic E-state index is 0.228. The van der Waals surface area contributed by atoms with Crippen molar-refractivity contribution in [2.45, 2.75) is 18.8 Å². The van der Waals surface area contributed by atoms with Gasteiger partial charge in [-0.05, 0) is 19.1 Å². The van der Waals surface area contributed by atoms with Crippen molar-refractivity contribution in [1.82, 2.24) is 14.5 Å². The zero-order valence-electron chi connectivity index (χ0n) is 12.1. The summed E-state index contributed by atoms with van der Waals surface area (Å²) in [4.78, 5) is 6.86. The molecular formula is C15H19ClFN3S. The van der Waals surface area contributed by atoms with Gasteiger partial charge < -0.3 is 4.57 Å². The third-order valence-electron chi connectivity index (χ3n) is 3.86. The molecule has 0 bridgehead atoms. The third-order valence-corrected chi connectivity index (χ3v) is 5.00. The summed E-state index contributed by atoms with van der Waals surface area (Å²) in [5.41, 5.74) is 1.26. The minimum Gasteiger partial charge on any atom is -0.325 e. The molecule has 1 aliphatic heterocycles. The molecule has 2 heterocycles. The summed E-state index contributed by atoms with van der Waals surface area (Å²) in [6, 6.07) is 5.10. The van der Waals surface area contributed by atoms with Gasteiger partial charge in [-0.2, -0.15) is 11.8 Å². The summed E-state index contributed by atoms with van der Waals surface area (Å²) in [5.74, 6) is 2.86. The van der Waals surface area contributed by atoms with E-state index in [0.717, 1.165) is 37.5 Å². The van der Waals surface area contributed by atoms with E-state index in [-0.39, 0.29) is 11.2 Å². The second-order valence-electron chi connectivity index (χ2n) is 5.30. The van der Waals surface area contributed by atoms with Gasteiger partial charge in [-0.3, -0.25) is 4.90 Å².